The van der Waals surface area contributed by atoms with Crippen molar-refractivity contribution < 1.29 is 18.7 Å². The first kappa shape index (κ1) is 22.2. The Labute approximate surface area is 201 Å². The van der Waals surface area contributed by atoms with Gasteiger partial charge in [-0.15, -0.1) is 0 Å². The number of hydrogen-bond acceptors (Lipinski definition) is 3. The quantitative estimate of drug-likeness (QED) is 0.262. The van der Waals surface area contributed by atoms with Crippen LogP contribution < -0.4 is 0 Å². The van der Waals surface area contributed by atoms with Gasteiger partial charge in [-0.1, -0.05) is 79.7 Å². The van der Waals surface area contributed by atoms with E-state index in [9.17, 15) is 4.79 Å². The summed E-state index contributed by atoms with van der Waals surface area (Å²) < 4.78 is 21.4. The fraction of sp³-hybridized carbons (Fsp3) is 0.138. The average Bonchev–Trinajstić information content (AvgIpc) is 3.23. The van der Waals surface area contributed by atoms with Crippen molar-refractivity contribution in [3.05, 3.63) is 96.3 Å². The zero-order chi connectivity index (χ0) is 23.7. The number of halogens is 1. The molecule has 3 nitrogen and oxygen atoms in total. The summed E-state index contributed by atoms with van der Waals surface area (Å²) in [6.07, 6.45) is 0. The number of benzene rings is 4. The van der Waals surface area contributed by atoms with Gasteiger partial charge < -0.3 is 9.52 Å². The molecule has 0 aliphatic carbocycles. The van der Waals surface area contributed by atoms with E-state index in [0.29, 0.717) is 16.9 Å². The molecule has 170 valence electrons. The molecule has 0 fully saturated rings. The number of carboxylic acid groups (broad SMARTS) is 1. The maximum Gasteiger partial charge on any atom is 0.307 e. The van der Waals surface area contributed by atoms with E-state index in [1.54, 1.807) is 24.8 Å². The van der Waals surface area contributed by atoms with Crippen LogP contribution in [-0.4, -0.2) is 16.8 Å². The minimum atomic E-state index is -0.773. The van der Waals surface area contributed by atoms with Gasteiger partial charge in [0.2, 0.25) is 0 Å². The van der Waals surface area contributed by atoms with Crippen molar-refractivity contribution in [2.75, 3.05) is 5.75 Å². The lowest BCUT2D eigenvalue weighted by atomic mass is 9.98. The van der Waals surface area contributed by atoms with Gasteiger partial charge in [0.15, 0.2) is 0 Å². The summed E-state index contributed by atoms with van der Waals surface area (Å²) in [5.41, 5.74) is 5.57. The fourth-order valence-electron chi connectivity index (χ4n) is 4.09. The lowest BCUT2D eigenvalue weighted by Gasteiger charge is -2.09. The van der Waals surface area contributed by atoms with Gasteiger partial charge in [-0.3, -0.25) is 4.79 Å². The van der Waals surface area contributed by atoms with Gasteiger partial charge in [0.1, 0.15) is 17.0 Å². The average molecular weight is 471 g/mol. The number of aliphatic carboxylic acids is 1. The van der Waals surface area contributed by atoms with E-state index in [1.807, 2.05) is 78.9 Å². The normalized spacial score (nSPS) is 12.3. The molecular weight excluding hydrogens is 447 g/mol. The largest absolute Gasteiger partial charge is 0.481 e. The van der Waals surface area contributed by atoms with Crippen molar-refractivity contribution in [3.8, 4) is 22.3 Å². The second-order valence-electron chi connectivity index (χ2n) is 8.43. The van der Waals surface area contributed by atoms with Crippen LogP contribution in [-0.2, 0) is 10.5 Å². The molecule has 34 heavy (non-hydrogen) atoms. The number of carboxylic acids is 1. The van der Waals surface area contributed by atoms with Crippen molar-refractivity contribution in [1.82, 2.24) is 0 Å². The first-order chi connectivity index (χ1) is 16.5. The van der Waals surface area contributed by atoms with Crippen molar-refractivity contribution >= 4 is 39.7 Å². The number of fused-ring (bicyclic) bond motifs is 3. The number of carbonyl (C=O) groups is 1. The van der Waals surface area contributed by atoms with E-state index in [1.165, 1.54) is 0 Å². The third-order valence-corrected chi connectivity index (χ3v) is 7.28. The first-order valence-electron chi connectivity index (χ1n) is 11.1. The van der Waals surface area contributed by atoms with Crippen LogP contribution in [0.3, 0.4) is 0 Å². The van der Waals surface area contributed by atoms with Crippen molar-refractivity contribution in [2.24, 2.45) is 5.92 Å². The molecule has 5 heteroatoms. The molecular formula is C29H23FO3S. The summed E-state index contributed by atoms with van der Waals surface area (Å²) in [7, 11) is 0. The van der Waals surface area contributed by atoms with Crippen molar-refractivity contribution in [1.29, 1.82) is 0 Å². The molecule has 0 aliphatic heterocycles. The maximum atomic E-state index is 15.3. The molecule has 5 aromatic rings. The topological polar surface area (TPSA) is 50.4 Å². The Morgan fingerprint density at radius 1 is 0.912 bits per heavy atom. The lowest BCUT2D eigenvalue weighted by Crippen LogP contribution is -2.11. The Morgan fingerprint density at radius 2 is 1.65 bits per heavy atom. The highest BCUT2D eigenvalue weighted by Crippen LogP contribution is 2.37. The second kappa shape index (κ2) is 9.35. The van der Waals surface area contributed by atoms with E-state index >= 15 is 4.39 Å². The summed E-state index contributed by atoms with van der Waals surface area (Å²) in [6, 6.07) is 26.9. The number of hydrogen-bond donors (Lipinski definition) is 1. The Bertz CT molecular complexity index is 1490. The minimum absolute atomic E-state index is 0.298. The molecule has 0 spiro atoms. The van der Waals surface area contributed by atoms with E-state index < -0.39 is 5.97 Å². The Hall–Kier alpha value is -3.57. The van der Waals surface area contributed by atoms with Gasteiger partial charge in [0, 0.05) is 33.4 Å². The van der Waals surface area contributed by atoms with Gasteiger partial charge in [-0.25, -0.2) is 4.39 Å². The van der Waals surface area contributed by atoms with Crippen LogP contribution in [0.25, 0.3) is 44.2 Å². The van der Waals surface area contributed by atoms with Crippen LogP contribution in [0, 0.1) is 11.7 Å². The number of rotatable bonds is 7. The molecule has 0 saturated heterocycles. The van der Waals surface area contributed by atoms with E-state index in [-0.39, 0.29) is 11.7 Å². The SMILES string of the molecule is CC(CSCc1ccc(-c2ccc(-c3cccc4c3oc3ccccc34)c(F)c2)cc1)C(=O)O. The molecule has 1 N–H and O–H groups in total. The molecule has 0 aliphatic rings. The molecule has 0 bridgehead atoms. The van der Waals surface area contributed by atoms with Gasteiger partial charge in [-0.2, -0.15) is 11.8 Å². The minimum Gasteiger partial charge on any atom is -0.481 e. The van der Waals surface area contributed by atoms with Crippen LogP contribution in [0.15, 0.2) is 89.3 Å². The molecule has 0 radical (unpaired) electrons. The predicted molar refractivity (Wildman–Crippen MR) is 138 cm³/mol. The Kier molecular flexibility index (Phi) is 6.12. The molecule has 1 heterocycles. The van der Waals surface area contributed by atoms with Gasteiger partial charge in [0.05, 0.1) is 5.92 Å². The zero-order valence-electron chi connectivity index (χ0n) is 18.6. The lowest BCUT2D eigenvalue weighted by molar-refractivity contribution is -0.140. The van der Waals surface area contributed by atoms with E-state index in [2.05, 4.69) is 0 Å². The number of para-hydroxylation sites is 2. The van der Waals surface area contributed by atoms with Crippen LogP contribution in [0.1, 0.15) is 12.5 Å². The van der Waals surface area contributed by atoms with Gasteiger partial charge in [-0.05, 0) is 28.8 Å². The molecule has 5 rings (SSSR count). The van der Waals surface area contributed by atoms with E-state index in [4.69, 9.17) is 9.52 Å². The third kappa shape index (κ3) is 4.31. The maximum absolute atomic E-state index is 15.3. The summed E-state index contributed by atoms with van der Waals surface area (Å²) in [5.74, 6) is -0.122. The summed E-state index contributed by atoms with van der Waals surface area (Å²) in [4.78, 5) is 10.9. The zero-order valence-corrected chi connectivity index (χ0v) is 19.4. The summed E-state index contributed by atoms with van der Waals surface area (Å²) in [5, 5.41) is 11.0. The Morgan fingerprint density at radius 3 is 2.41 bits per heavy atom. The number of thioether (sulfide) groups is 1. The van der Waals surface area contributed by atoms with E-state index in [0.717, 1.165) is 44.4 Å². The summed E-state index contributed by atoms with van der Waals surface area (Å²) in [6.45, 7) is 1.71. The standard InChI is InChI=1S/C29H23FO3S/c1-18(29(31)32)16-34-17-19-9-11-20(12-10-19)21-13-14-22(26(30)15-21)24-6-4-7-25-23-5-2-3-8-27(23)33-28(24)25/h2-15,18H,16-17H2,1H3,(H,31,32). The fourth-order valence-corrected chi connectivity index (χ4v) is 5.13. The molecule has 1 unspecified atom stereocenters. The van der Waals surface area contributed by atoms with Gasteiger partial charge in [0.25, 0.3) is 0 Å². The molecule has 1 aromatic heterocycles. The molecule has 0 saturated carbocycles. The predicted octanol–water partition coefficient (Wildman–Crippen LogP) is 8.01. The van der Waals surface area contributed by atoms with Crippen LogP contribution in [0.5, 0.6) is 0 Å². The van der Waals surface area contributed by atoms with Crippen LogP contribution in [0.4, 0.5) is 4.39 Å². The third-order valence-electron chi connectivity index (χ3n) is 6.01. The highest BCUT2D eigenvalue weighted by molar-refractivity contribution is 7.98. The number of furan rings is 1. The molecule has 0 amide bonds. The van der Waals surface area contributed by atoms with Crippen molar-refractivity contribution in [3.63, 3.8) is 0 Å². The van der Waals surface area contributed by atoms with Crippen molar-refractivity contribution in [2.45, 2.75) is 12.7 Å². The summed E-state index contributed by atoms with van der Waals surface area (Å²) >= 11 is 1.60. The second-order valence-corrected chi connectivity index (χ2v) is 9.46. The highest BCUT2D eigenvalue weighted by Gasteiger charge is 2.15. The molecule has 4 aromatic carbocycles. The van der Waals surface area contributed by atoms with Crippen LogP contribution >= 0.6 is 11.8 Å². The van der Waals surface area contributed by atoms with Gasteiger partial charge >= 0.3 is 5.97 Å². The Balaban J connectivity index is 1.39. The first-order valence-corrected chi connectivity index (χ1v) is 12.3. The highest BCUT2D eigenvalue weighted by atomic mass is 32.2. The molecule has 1 atom stereocenters. The smallest absolute Gasteiger partial charge is 0.307 e. The van der Waals surface area contributed by atoms with Crippen LogP contribution in [0.2, 0.25) is 0 Å². The monoisotopic (exact) mass is 470 g/mol.